The highest BCUT2D eigenvalue weighted by atomic mass is 16.5. The van der Waals surface area contributed by atoms with Gasteiger partial charge in [-0.25, -0.2) is 4.98 Å². The molecule has 0 atom stereocenters. The van der Waals surface area contributed by atoms with E-state index in [0.29, 0.717) is 40.3 Å². The number of carbonyl (C=O) groups excluding carboxylic acids is 2. The minimum atomic E-state index is -0.252. The molecule has 6 heteroatoms. The topological polar surface area (TPSA) is 74.7 Å². The first-order valence-corrected chi connectivity index (χ1v) is 11.9. The number of fused-ring (bicyclic) bond motifs is 3. The van der Waals surface area contributed by atoms with Gasteiger partial charge in [-0.3, -0.25) is 9.59 Å². The van der Waals surface area contributed by atoms with Gasteiger partial charge in [-0.05, 0) is 41.5 Å². The molecule has 182 valence electrons. The van der Waals surface area contributed by atoms with Crippen molar-refractivity contribution in [3.05, 3.63) is 112 Å². The summed E-state index contributed by atoms with van der Waals surface area (Å²) in [5.74, 6) is 1.000. The lowest BCUT2D eigenvalue weighted by molar-refractivity contribution is 0.0974. The number of nitrogens with zero attached hydrogens (tertiary/aromatic N) is 1. The van der Waals surface area contributed by atoms with Crippen molar-refractivity contribution in [3.63, 3.8) is 0 Å². The Morgan fingerprint density at radius 2 is 1.35 bits per heavy atom. The first-order chi connectivity index (χ1) is 18.1. The maximum atomic E-state index is 13.8. The monoisotopic (exact) mass is 489 g/mol. The van der Waals surface area contributed by atoms with Crippen molar-refractivity contribution in [1.82, 2.24) is 4.98 Å². The molecule has 0 N–H and O–H groups in total. The molecule has 1 aliphatic carbocycles. The van der Waals surface area contributed by atoms with Gasteiger partial charge in [-0.15, -0.1) is 0 Å². The van der Waals surface area contributed by atoms with E-state index in [2.05, 4.69) is 0 Å². The van der Waals surface area contributed by atoms with Gasteiger partial charge in [0, 0.05) is 27.8 Å². The van der Waals surface area contributed by atoms with Gasteiger partial charge >= 0.3 is 0 Å². The second kappa shape index (κ2) is 9.15. The highest BCUT2D eigenvalue weighted by Gasteiger charge is 2.37. The van der Waals surface area contributed by atoms with Crippen molar-refractivity contribution < 1.29 is 23.8 Å². The van der Waals surface area contributed by atoms with Crippen LogP contribution in [0.2, 0.25) is 0 Å². The van der Waals surface area contributed by atoms with Crippen LogP contribution in [0.4, 0.5) is 0 Å². The zero-order chi connectivity index (χ0) is 25.5. The van der Waals surface area contributed by atoms with Crippen LogP contribution in [-0.2, 0) is 11.3 Å². The summed E-state index contributed by atoms with van der Waals surface area (Å²) >= 11 is 0. The third-order valence-electron chi connectivity index (χ3n) is 6.80. The lowest BCUT2D eigenvalue weighted by Gasteiger charge is -2.27. The molecule has 0 amide bonds. The van der Waals surface area contributed by atoms with Gasteiger partial charge in [-0.1, -0.05) is 48.5 Å². The molecule has 0 fully saturated rings. The molecule has 0 spiro atoms. The van der Waals surface area contributed by atoms with Gasteiger partial charge < -0.3 is 14.2 Å². The highest BCUT2D eigenvalue weighted by molar-refractivity contribution is 6.30. The third kappa shape index (κ3) is 3.82. The van der Waals surface area contributed by atoms with E-state index < -0.39 is 0 Å². The molecule has 1 aliphatic heterocycles. The van der Waals surface area contributed by atoms with E-state index in [9.17, 15) is 9.59 Å². The quantitative estimate of drug-likeness (QED) is 0.327. The molecule has 3 aromatic carbocycles. The van der Waals surface area contributed by atoms with Crippen LogP contribution in [0.15, 0.2) is 72.8 Å². The summed E-state index contributed by atoms with van der Waals surface area (Å²) in [6, 6.07) is 22.1. The fourth-order valence-corrected chi connectivity index (χ4v) is 4.97. The molecule has 6 nitrogen and oxygen atoms in total. The van der Waals surface area contributed by atoms with Gasteiger partial charge in [0.2, 0.25) is 5.78 Å². The van der Waals surface area contributed by atoms with Crippen LogP contribution in [0.25, 0.3) is 22.8 Å². The van der Waals surface area contributed by atoms with Gasteiger partial charge in [0.05, 0.1) is 38.7 Å². The Morgan fingerprint density at radius 1 is 0.730 bits per heavy atom. The summed E-state index contributed by atoms with van der Waals surface area (Å²) in [5.41, 5.74) is 5.98. The summed E-state index contributed by atoms with van der Waals surface area (Å²) in [6.45, 7) is 0.617. The van der Waals surface area contributed by atoms with Crippen molar-refractivity contribution in [3.8, 4) is 22.6 Å². The second-order valence-electron chi connectivity index (χ2n) is 8.91. The van der Waals surface area contributed by atoms with E-state index in [-0.39, 0.29) is 23.9 Å². The van der Waals surface area contributed by atoms with Crippen LogP contribution in [-0.4, -0.2) is 37.4 Å². The fraction of sp³-hybridized carbons (Fsp3) is 0.129. The molecule has 37 heavy (non-hydrogen) atoms. The normalized spacial score (nSPS) is 15.1. The molecular weight excluding hydrogens is 466 g/mol. The van der Waals surface area contributed by atoms with Crippen LogP contribution in [0, 0.1) is 0 Å². The average molecular weight is 490 g/mol. The summed E-state index contributed by atoms with van der Waals surface area (Å²) < 4.78 is 16.6. The average Bonchev–Trinajstić information content (AvgIpc) is 2.95. The molecule has 2 aliphatic rings. The number of pyridine rings is 1. The molecular formula is C31H23NO5. The lowest BCUT2D eigenvalue weighted by Crippen LogP contribution is -2.26. The number of aromatic nitrogens is 1. The van der Waals surface area contributed by atoms with Crippen molar-refractivity contribution in [2.24, 2.45) is 0 Å². The lowest BCUT2D eigenvalue weighted by atomic mass is 9.80. The summed E-state index contributed by atoms with van der Waals surface area (Å²) in [6.07, 6.45) is 2.00. The molecule has 0 unspecified atom stereocenters. The van der Waals surface area contributed by atoms with E-state index >= 15 is 0 Å². The van der Waals surface area contributed by atoms with Crippen LogP contribution in [0.3, 0.4) is 0 Å². The highest BCUT2D eigenvalue weighted by Crippen LogP contribution is 2.41. The van der Waals surface area contributed by atoms with E-state index in [1.807, 2.05) is 54.6 Å². The predicted molar refractivity (Wildman–Crippen MR) is 140 cm³/mol. The van der Waals surface area contributed by atoms with E-state index in [1.165, 1.54) is 0 Å². The molecule has 0 bridgehead atoms. The van der Waals surface area contributed by atoms with Crippen LogP contribution >= 0.6 is 0 Å². The minimum absolute atomic E-state index is 0.177. The maximum absolute atomic E-state index is 13.8. The molecule has 0 saturated heterocycles. The number of ketones is 2. The zero-order valence-corrected chi connectivity index (χ0v) is 20.4. The van der Waals surface area contributed by atoms with Crippen LogP contribution in [0.1, 0.15) is 48.8 Å². The number of hydrogen-bond acceptors (Lipinski definition) is 6. The first-order valence-electron chi connectivity index (χ1n) is 11.9. The van der Waals surface area contributed by atoms with Gasteiger partial charge in [0.1, 0.15) is 17.2 Å². The Labute approximate surface area is 214 Å². The fourth-order valence-electron chi connectivity index (χ4n) is 4.97. The Bertz CT molecular complexity index is 1580. The van der Waals surface area contributed by atoms with Gasteiger partial charge in [0.25, 0.3) is 0 Å². The Kier molecular flexibility index (Phi) is 5.66. The second-order valence-corrected chi connectivity index (χ2v) is 8.91. The number of hydrogen-bond donors (Lipinski definition) is 0. The number of rotatable bonds is 4. The largest absolute Gasteiger partial charge is 0.497 e. The van der Waals surface area contributed by atoms with Crippen molar-refractivity contribution in [2.75, 3.05) is 20.8 Å². The molecule has 0 radical (unpaired) electrons. The van der Waals surface area contributed by atoms with Crippen molar-refractivity contribution in [2.45, 2.75) is 6.61 Å². The SMILES string of the molecule is COc1ccc(/C=C2/COCc3c2nc2c(c3-c3ccc(OC)cc3)C(=O)c3ccccc3C2=O)cc1. The number of carbonyl (C=O) groups is 2. The predicted octanol–water partition coefficient (Wildman–Crippen LogP) is 5.61. The van der Waals surface area contributed by atoms with E-state index in [0.717, 1.165) is 28.0 Å². The number of benzene rings is 3. The number of ether oxygens (including phenoxy) is 3. The minimum Gasteiger partial charge on any atom is -0.497 e. The summed E-state index contributed by atoms with van der Waals surface area (Å²) in [5, 5.41) is 0. The Balaban J connectivity index is 1.61. The van der Waals surface area contributed by atoms with E-state index in [4.69, 9.17) is 19.2 Å². The van der Waals surface area contributed by atoms with Gasteiger partial charge in [-0.2, -0.15) is 0 Å². The number of methoxy groups -OCH3 is 2. The zero-order valence-electron chi connectivity index (χ0n) is 20.4. The molecule has 6 rings (SSSR count). The Morgan fingerprint density at radius 3 is 2.00 bits per heavy atom. The van der Waals surface area contributed by atoms with Crippen molar-refractivity contribution in [1.29, 1.82) is 0 Å². The van der Waals surface area contributed by atoms with Crippen LogP contribution < -0.4 is 9.47 Å². The molecule has 2 heterocycles. The molecule has 1 aromatic heterocycles. The summed E-state index contributed by atoms with van der Waals surface area (Å²) in [7, 11) is 3.23. The van der Waals surface area contributed by atoms with Crippen molar-refractivity contribution >= 4 is 23.2 Å². The van der Waals surface area contributed by atoms with Crippen LogP contribution in [0.5, 0.6) is 11.5 Å². The third-order valence-corrected chi connectivity index (χ3v) is 6.80. The maximum Gasteiger partial charge on any atom is 0.212 e. The first kappa shape index (κ1) is 22.9. The van der Waals surface area contributed by atoms with Gasteiger partial charge in [0.15, 0.2) is 5.78 Å². The smallest absolute Gasteiger partial charge is 0.212 e. The summed E-state index contributed by atoms with van der Waals surface area (Å²) in [4.78, 5) is 32.3. The molecule has 4 aromatic rings. The standard InChI is InChI=1S/C31H23NO5/c1-35-21-11-7-18(8-12-21)15-20-16-37-17-25-26(19-9-13-22(36-2)14-10-19)27-29(32-28(20)25)31(34)24-6-4-3-5-23(24)30(27)33/h3-15H,16-17H2,1-2H3/b20-15-. The molecule has 0 saturated carbocycles. The van der Waals surface area contributed by atoms with E-state index in [1.54, 1.807) is 38.5 Å². The Hall–Kier alpha value is -4.55.